The van der Waals surface area contributed by atoms with Gasteiger partial charge in [-0.05, 0) is 24.3 Å². The lowest BCUT2D eigenvalue weighted by atomic mass is 10.1. The van der Waals surface area contributed by atoms with Gasteiger partial charge >= 0.3 is 5.88 Å². The molecule has 174 valence electrons. The topological polar surface area (TPSA) is 109 Å². The minimum absolute atomic E-state index is 0.810. The SMILES string of the molecule is COc1cc(/C=C2\Sc3ccccc3N2C)c2ccccc2[n+]1-c1ccccc1.[O-][Cl+3]([O-])([O-])[O-]. The maximum atomic E-state index is 8.49. The number of benzene rings is 3. The van der Waals surface area contributed by atoms with Crippen molar-refractivity contribution in [3.63, 3.8) is 0 Å². The van der Waals surface area contributed by atoms with Crippen molar-refractivity contribution in [1.82, 2.24) is 0 Å². The molecule has 0 atom stereocenters. The summed E-state index contributed by atoms with van der Waals surface area (Å²) in [5, 5.41) is 2.39. The number of nitrogens with zero attached hydrogens (tertiary/aromatic N) is 2. The summed E-state index contributed by atoms with van der Waals surface area (Å²) >= 11 is 1.80. The highest BCUT2D eigenvalue weighted by atomic mass is 35.7. The van der Waals surface area contributed by atoms with Crippen LogP contribution in [-0.2, 0) is 0 Å². The highest BCUT2D eigenvalue weighted by molar-refractivity contribution is 8.03. The van der Waals surface area contributed by atoms with Crippen LogP contribution in [0.3, 0.4) is 0 Å². The van der Waals surface area contributed by atoms with Crippen molar-refractivity contribution < 1.29 is 38.2 Å². The molecule has 0 amide bonds. The first-order valence-electron chi connectivity index (χ1n) is 10.2. The molecule has 0 unspecified atom stereocenters. The monoisotopic (exact) mass is 496 g/mol. The summed E-state index contributed by atoms with van der Waals surface area (Å²) in [5.41, 5.74) is 4.59. The number of fused-ring (bicyclic) bond motifs is 2. The van der Waals surface area contributed by atoms with Crippen molar-refractivity contribution >= 4 is 34.4 Å². The number of anilines is 1. The van der Waals surface area contributed by atoms with Gasteiger partial charge in [-0.2, -0.15) is 0 Å². The van der Waals surface area contributed by atoms with E-state index in [4.69, 9.17) is 23.4 Å². The number of halogens is 1. The number of rotatable bonds is 3. The third-order valence-electron chi connectivity index (χ3n) is 5.23. The molecule has 0 N–H and O–H groups in total. The Morgan fingerprint density at radius 3 is 2.18 bits per heavy atom. The molecule has 5 rings (SSSR count). The Morgan fingerprint density at radius 1 is 0.882 bits per heavy atom. The van der Waals surface area contributed by atoms with E-state index in [1.165, 1.54) is 21.0 Å². The number of para-hydroxylation sites is 3. The number of methoxy groups -OCH3 is 1. The first-order chi connectivity index (χ1) is 16.3. The van der Waals surface area contributed by atoms with Gasteiger partial charge in [0.1, 0.15) is 0 Å². The molecule has 1 aliphatic heterocycles. The van der Waals surface area contributed by atoms with Gasteiger partial charge in [-0.1, -0.05) is 54.2 Å². The molecule has 1 aromatic heterocycles. The smallest absolute Gasteiger partial charge is 0.374 e. The van der Waals surface area contributed by atoms with Crippen molar-refractivity contribution in [1.29, 1.82) is 0 Å². The second kappa shape index (κ2) is 10.0. The summed E-state index contributed by atoms with van der Waals surface area (Å²) in [5.74, 6) is 0.810. The van der Waals surface area contributed by atoms with Gasteiger partial charge in [-0.3, -0.25) is 0 Å². The number of hydrogen-bond donors (Lipinski definition) is 0. The molecular weight excluding hydrogens is 476 g/mol. The Bertz CT molecular complexity index is 1340. The maximum absolute atomic E-state index is 8.49. The minimum atomic E-state index is -4.94. The van der Waals surface area contributed by atoms with E-state index in [0.717, 1.165) is 22.6 Å². The molecule has 0 radical (unpaired) electrons. The lowest BCUT2D eigenvalue weighted by Crippen LogP contribution is -2.68. The van der Waals surface area contributed by atoms with E-state index in [0.29, 0.717) is 0 Å². The van der Waals surface area contributed by atoms with Crippen LogP contribution in [0, 0.1) is 10.2 Å². The van der Waals surface area contributed by atoms with Gasteiger partial charge in [0.15, 0.2) is 0 Å². The van der Waals surface area contributed by atoms with Crippen LogP contribution >= 0.6 is 11.8 Å². The molecule has 0 saturated carbocycles. The quantitative estimate of drug-likeness (QED) is 0.388. The fourth-order valence-electron chi connectivity index (χ4n) is 3.80. The van der Waals surface area contributed by atoms with E-state index >= 15 is 0 Å². The van der Waals surface area contributed by atoms with Crippen LogP contribution in [0.15, 0.2) is 94.9 Å². The molecule has 0 spiro atoms. The van der Waals surface area contributed by atoms with E-state index in [-0.39, 0.29) is 0 Å². The molecule has 0 bridgehead atoms. The van der Waals surface area contributed by atoms with Gasteiger partial charge < -0.3 is 9.64 Å². The largest absolute Gasteiger partial charge is 0.447 e. The highest BCUT2D eigenvalue weighted by Gasteiger charge is 2.25. The standard InChI is InChI=1S/C25H21N2OS.ClHO4/c1-26-22-14-8-9-15-23(22)29-25(26)17-18-16-24(28-2)27(19-10-4-3-5-11-19)21-13-7-6-12-20(18)21;2-1(3,4)5/h3-17H,1-2H3;(H,2,3,4,5)/q+1;/p-1. The van der Waals surface area contributed by atoms with E-state index in [9.17, 15) is 0 Å². The van der Waals surface area contributed by atoms with Crippen molar-refractivity contribution in [2.75, 3.05) is 19.1 Å². The van der Waals surface area contributed by atoms with Crippen molar-refractivity contribution in [3.8, 4) is 11.6 Å². The van der Waals surface area contributed by atoms with Gasteiger partial charge in [0.25, 0.3) is 0 Å². The van der Waals surface area contributed by atoms with E-state index < -0.39 is 10.2 Å². The molecule has 34 heavy (non-hydrogen) atoms. The highest BCUT2D eigenvalue weighted by Crippen LogP contribution is 2.45. The molecule has 2 heterocycles. The first-order valence-corrected chi connectivity index (χ1v) is 12.2. The van der Waals surface area contributed by atoms with Crippen LogP contribution in [-0.4, -0.2) is 14.2 Å². The lowest BCUT2D eigenvalue weighted by molar-refractivity contribution is -2.00. The van der Waals surface area contributed by atoms with Gasteiger partial charge in [0.05, 0.1) is 29.3 Å². The molecule has 7 nitrogen and oxygen atoms in total. The molecule has 0 fully saturated rings. The normalized spacial score (nSPS) is 14.1. The average Bonchev–Trinajstić information content (AvgIpc) is 3.13. The molecule has 0 aliphatic carbocycles. The summed E-state index contributed by atoms with van der Waals surface area (Å²) in [6, 6.07) is 29.4. The zero-order valence-electron chi connectivity index (χ0n) is 18.4. The van der Waals surface area contributed by atoms with Crippen LogP contribution in [0.2, 0.25) is 0 Å². The maximum Gasteiger partial charge on any atom is 0.374 e. The summed E-state index contributed by atoms with van der Waals surface area (Å²) in [7, 11) is -1.09. The number of pyridine rings is 1. The van der Waals surface area contributed by atoms with Crippen molar-refractivity contribution in [2.45, 2.75) is 4.90 Å². The summed E-state index contributed by atoms with van der Waals surface area (Å²) in [6.07, 6.45) is 2.25. The fraction of sp³-hybridized carbons (Fsp3) is 0.0800. The Kier molecular flexibility index (Phi) is 7.08. The Labute approximate surface area is 203 Å². The number of ether oxygens (including phenoxy) is 1. The van der Waals surface area contributed by atoms with E-state index in [1.54, 1.807) is 18.9 Å². The zero-order valence-corrected chi connectivity index (χ0v) is 20.0. The number of aromatic nitrogens is 1. The molecule has 9 heteroatoms. The fourth-order valence-corrected chi connectivity index (χ4v) is 4.90. The van der Waals surface area contributed by atoms with Crippen LogP contribution in [0.1, 0.15) is 5.56 Å². The molecule has 4 aromatic rings. The third kappa shape index (κ3) is 5.34. The van der Waals surface area contributed by atoms with Gasteiger partial charge in [0, 0.05) is 35.7 Å². The Balaban J connectivity index is 0.000000499. The van der Waals surface area contributed by atoms with Crippen LogP contribution in [0.4, 0.5) is 5.69 Å². The van der Waals surface area contributed by atoms with Crippen molar-refractivity contribution in [3.05, 3.63) is 95.5 Å². The van der Waals surface area contributed by atoms with E-state index in [1.807, 2.05) is 18.2 Å². The molecule has 3 aromatic carbocycles. The average molecular weight is 497 g/mol. The first kappa shape index (κ1) is 24.0. The third-order valence-corrected chi connectivity index (χ3v) is 6.40. The number of hydrogen-bond acceptors (Lipinski definition) is 7. The number of thioether (sulfide) groups is 1. The van der Waals surface area contributed by atoms with Gasteiger partial charge in [-0.25, -0.2) is 18.6 Å². The van der Waals surface area contributed by atoms with Crippen LogP contribution in [0.25, 0.3) is 22.7 Å². The van der Waals surface area contributed by atoms with Crippen LogP contribution in [0.5, 0.6) is 5.88 Å². The molecular formula is C25H21ClN2O5S. The summed E-state index contributed by atoms with van der Waals surface area (Å²) in [4.78, 5) is 3.53. The second-order valence-electron chi connectivity index (χ2n) is 7.32. The summed E-state index contributed by atoms with van der Waals surface area (Å²) < 4.78 is 42.0. The zero-order chi connectivity index (χ0) is 24.3. The predicted molar refractivity (Wildman–Crippen MR) is 121 cm³/mol. The molecule has 1 aliphatic rings. The Hall–Kier alpha value is -3.11. The van der Waals surface area contributed by atoms with Gasteiger partial charge in [0.2, 0.25) is 11.2 Å². The lowest BCUT2D eigenvalue weighted by Gasteiger charge is -2.17. The van der Waals surface area contributed by atoms with Crippen LogP contribution < -0.4 is 32.8 Å². The van der Waals surface area contributed by atoms with E-state index in [2.05, 4.69) is 89.3 Å². The summed E-state index contributed by atoms with van der Waals surface area (Å²) in [6.45, 7) is 0. The van der Waals surface area contributed by atoms with Crippen molar-refractivity contribution in [2.24, 2.45) is 0 Å². The predicted octanol–water partition coefficient (Wildman–Crippen LogP) is 0.910. The van der Waals surface area contributed by atoms with Gasteiger partial charge in [-0.15, -0.1) is 14.8 Å². The minimum Gasteiger partial charge on any atom is -0.447 e. The Morgan fingerprint density at radius 2 is 1.50 bits per heavy atom. The molecule has 0 saturated heterocycles. The second-order valence-corrected chi connectivity index (χ2v) is 9.14.